The smallest absolute Gasteiger partial charge is 0.227 e. The Morgan fingerprint density at radius 3 is 3.17 bits per heavy atom. The molecule has 2 aromatic heterocycles. The zero-order valence-electron chi connectivity index (χ0n) is 9.96. The van der Waals surface area contributed by atoms with E-state index in [0.717, 1.165) is 24.1 Å². The van der Waals surface area contributed by atoms with Gasteiger partial charge in [-0.3, -0.25) is 4.79 Å². The number of ketones is 1. The highest BCUT2D eigenvalue weighted by atomic mass is 32.1. The van der Waals surface area contributed by atoms with E-state index in [1.165, 1.54) is 0 Å². The fourth-order valence-corrected chi connectivity index (χ4v) is 2.97. The van der Waals surface area contributed by atoms with Crippen molar-refractivity contribution >= 4 is 17.1 Å². The highest BCUT2D eigenvalue weighted by Crippen LogP contribution is 2.25. The number of nitrogens with zero attached hydrogens (tertiary/aromatic N) is 2. The van der Waals surface area contributed by atoms with Gasteiger partial charge in [0, 0.05) is 18.8 Å². The number of hydrogen-bond donors (Lipinski definition) is 0. The summed E-state index contributed by atoms with van der Waals surface area (Å²) in [5.41, 5.74) is 0. The van der Waals surface area contributed by atoms with Crippen molar-refractivity contribution in [1.82, 2.24) is 10.1 Å². The standard InChI is InChI=1S/C13H14N2O2S/c16-10-5-2-1-4-9(10)8-12-14-13(15-17-12)11-6-3-7-18-11/h3,6-7,9H,1-2,4-5,8H2. The first-order chi connectivity index (χ1) is 8.83. The van der Waals surface area contributed by atoms with Crippen LogP contribution in [0.5, 0.6) is 0 Å². The summed E-state index contributed by atoms with van der Waals surface area (Å²) in [6.07, 6.45) is 4.41. The third-order valence-corrected chi connectivity index (χ3v) is 4.18. The Kier molecular flexibility index (Phi) is 3.23. The minimum atomic E-state index is 0.0791. The third-order valence-electron chi connectivity index (χ3n) is 3.31. The normalized spacial score (nSPS) is 20.2. The molecule has 1 fully saturated rings. The zero-order valence-corrected chi connectivity index (χ0v) is 10.8. The molecule has 5 heteroatoms. The molecular formula is C13H14N2O2S. The van der Waals surface area contributed by atoms with Crippen molar-refractivity contribution in [3.8, 4) is 10.7 Å². The Morgan fingerprint density at radius 2 is 2.39 bits per heavy atom. The van der Waals surface area contributed by atoms with E-state index in [1.807, 2.05) is 17.5 Å². The number of hydrogen-bond acceptors (Lipinski definition) is 5. The molecule has 0 N–H and O–H groups in total. The highest BCUT2D eigenvalue weighted by molar-refractivity contribution is 7.13. The van der Waals surface area contributed by atoms with Crippen LogP contribution in [0, 0.1) is 5.92 Å². The van der Waals surface area contributed by atoms with Gasteiger partial charge in [0.2, 0.25) is 11.7 Å². The topological polar surface area (TPSA) is 56.0 Å². The van der Waals surface area contributed by atoms with Gasteiger partial charge in [-0.25, -0.2) is 0 Å². The molecule has 1 aliphatic rings. The van der Waals surface area contributed by atoms with Crippen molar-refractivity contribution in [2.24, 2.45) is 5.92 Å². The van der Waals surface area contributed by atoms with Crippen LogP contribution in [0.1, 0.15) is 31.6 Å². The molecule has 1 aliphatic carbocycles. The van der Waals surface area contributed by atoms with Crippen molar-refractivity contribution in [3.63, 3.8) is 0 Å². The predicted octanol–water partition coefficient (Wildman–Crippen LogP) is 3.10. The number of rotatable bonds is 3. The van der Waals surface area contributed by atoms with E-state index in [9.17, 15) is 4.79 Å². The molecule has 0 bridgehead atoms. The number of aromatic nitrogens is 2. The lowest BCUT2D eigenvalue weighted by Crippen LogP contribution is -2.21. The maximum atomic E-state index is 11.7. The van der Waals surface area contributed by atoms with E-state index in [2.05, 4.69) is 10.1 Å². The molecule has 2 aromatic rings. The van der Waals surface area contributed by atoms with Gasteiger partial charge in [0.25, 0.3) is 0 Å². The van der Waals surface area contributed by atoms with Crippen molar-refractivity contribution < 1.29 is 9.32 Å². The van der Waals surface area contributed by atoms with Gasteiger partial charge in [0.05, 0.1) is 4.88 Å². The first-order valence-electron chi connectivity index (χ1n) is 6.22. The summed E-state index contributed by atoms with van der Waals surface area (Å²) in [5, 5.41) is 5.94. The van der Waals surface area contributed by atoms with Gasteiger partial charge in [0.1, 0.15) is 5.78 Å². The second-order valence-corrected chi connectivity index (χ2v) is 5.55. The molecule has 94 valence electrons. The Bertz CT molecular complexity index is 533. The summed E-state index contributed by atoms with van der Waals surface area (Å²) in [6.45, 7) is 0. The minimum absolute atomic E-state index is 0.0791. The molecule has 0 saturated heterocycles. The molecule has 0 spiro atoms. The van der Waals surface area contributed by atoms with E-state index in [-0.39, 0.29) is 5.92 Å². The summed E-state index contributed by atoms with van der Waals surface area (Å²) < 4.78 is 5.23. The van der Waals surface area contributed by atoms with Gasteiger partial charge < -0.3 is 4.52 Å². The predicted molar refractivity (Wildman–Crippen MR) is 68.3 cm³/mol. The fourth-order valence-electron chi connectivity index (χ4n) is 2.33. The van der Waals surface area contributed by atoms with Crippen molar-refractivity contribution in [3.05, 3.63) is 23.4 Å². The monoisotopic (exact) mass is 262 g/mol. The Hall–Kier alpha value is -1.49. The molecule has 2 heterocycles. The number of Topliss-reactive ketones (excluding diaryl/α,β-unsaturated/α-hetero) is 1. The lowest BCUT2D eigenvalue weighted by molar-refractivity contribution is -0.124. The second kappa shape index (κ2) is 5.02. The molecule has 3 rings (SSSR count). The summed E-state index contributed by atoms with van der Waals surface area (Å²) >= 11 is 1.58. The van der Waals surface area contributed by atoms with Gasteiger partial charge in [-0.15, -0.1) is 11.3 Å². The van der Waals surface area contributed by atoms with Crippen LogP contribution < -0.4 is 0 Å². The molecule has 4 nitrogen and oxygen atoms in total. The summed E-state index contributed by atoms with van der Waals surface area (Å²) in [7, 11) is 0. The van der Waals surface area contributed by atoms with E-state index in [0.29, 0.717) is 30.3 Å². The van der Waals surface area contributed by atoms with Crippen LogP contribution in [-0.2, 0) is 11.2 Å². The zero-order chi connectivity index (χ0) is 12.4. The van der Waals surface area contributed by atoms with Crippen LogP contribution in [0.4, 0.5) is 0 Å². The first kappa shape index (κ1) is 11.6. The van der Waals surface area contributed by atoms with Crippen molar-refractivity contribution in [2.75, 3.05) is 0 Å². The average Bonchev–Trinajstić information content (AvgIpc) is 3.02. The number of thiophene rings is 1. The van der Waals surface area contributed by atoms with Gasteiger partial charge in [-0.1, -0.05) is 17.6 Å². The van der Waals surface area contributed by atoms with Crippen LogP contribution in [-0.4, -0.2) is 15.9 Å². The van der Waals surface area contributed by atoms with Crippen LogP contribution in [0.3, 0.4) is 0 Å². The highest BCUT2D eigenvalue weighted by Gasteiger charge is 2.24. The average molecular weight is 262 g/mol. The van der Waals surface area contributed by atoms with Gasteiger partial charge in [-0.05, 0) is 24.3 Å². The Balaban J connectivity index is 1.72. The van der Waals surface area contributed by atoms with Crippen molar-refractivity contribution in [1.29, 1.82) is 0 Å². The minimum Gasteiger partial charge on any atom is -0.339 e. The molecule has 18 heavy (non-hydrogen) atoms. The van der Waals surface area contributed by atoms with Crippen LogP contribution in [0.15, 0.2) is 22.0 Å². The number of carbonyl (C=O) groups excluding carboxylic acids is 1. The van der Waals surface area contributed by atoms with E-state index >= 15 is 0 Å². The molecule has 0 amide bonds. The van der Waals surface area contributed by atoms with Gasteiger partial charge in [-0.2, -0.15) is 4.98 Å². The Morgan fingerprint density at radius 1 is 1.44 bits per heavy atom. The molecular weight excluding hydrogens is 248 g/mol. The fraction of sp³-hybridized carbons (Fsp3) is 0.462. The van der Waals surface area contributed by atoms with Gasteiger partial charge in [0.15, 0.2) is 0 Å². The molecule has 1 saturated carbocycles. The van der Waals surface area contributed by atoms with Crippen molar-refractivity contribution in [2.45, 2.75) is 32.1 Å². The SMILES string of the molecule is O=C1CCCCC1Cc1nc(-c2cccs2)no1. The van der Waals surface area contributed by atoms with E-state index in [4.69, 9.17) is 4.52 Å². The van der Waals surface area contributed by atoms with Crippen LogP contribution in [0.25, 0.3) is 10.7 Å². The largest absolute Gasteiger partial charge is 0.339 e. The third kappa shape index (κ3) is 2.36. The van der Waals surface area contributed by atoms with Crippen LogP contribution in [0.2, 0.25) is 0 Å². The summed E-state index contributed by atoms with van der Waals surface area (Å²) in [5.74, 6) is 1.63. The maximum Gasteiger partial charge on any atom is 0.227 e. The molecule has 0 aliphatic heterocycles. The molecule has 0 radical (unpaired) electrons. The molecule has 1 atom stereocenters. The first-order valence-corrected chi connectivity index (χ1v) is 7.10. The lowest BCUT2D eigenvalue weighted by Gasteiger charge is -2.18. The summed E-state index contributed by atoms with van der Waals surface area (Å²) in [6, 6.07) is 3.92. The molecule has 0 aromatic carbocycles. The summed E-state index contributed by atoms with van der Waals surface area (Å²) in [4.78, 5) is 17.1. The number of carbonyl (C=O) groups is 1. The quantitative estimate of drug-likeness (QED) is 0.852. The second-order valence-electron chi connectivity index (χ2n) is 4.60. The van der Waals surface area contributed by atoms with E-state index in [1.54, 1.807) is 11.3 Å². The van der Waals surface area contributed by atoms with E-state index < -0.39 is 0 Å². The van der Waals surface area contributed by atoms with Gasteiger partial charge >= 0.3 is 0 Å². The maximum absolute atomic E-state index is 11.7. The van der Waals surface area contributed by atoms with Crippen LogP contribution >= 0.6 is 11.3 Å². The lowest BCUT2D eigenvalue weighted by atomic mass is 9.86. The molecule has 1 unspecified atom stereocenters. The Labute approximate surface area is 109 Å².